The fraction of sp³-hybridized carbons (Fsp3) is 0.214. The Morgan fingerprint density at radius 2 is 2.14 bits per heavy atom. The van der Waals surface area contributed by atoms with Crippen LogP contribution < -0.4 is 5.56 Å². The average molecular weight is 325 g/mol. The number of hydrogen-bond donors (Lipinski definition) is 1. The van der Waals surface area contributed by atoms with Crippen molar-refractivity contribution in [1.29, 1.82) is 5.26 Å². The van der Waals surface area contributed by atoms with Crippen molar-refractivity contribution in [2.24, 2.45) is 0 Å². The molecule has 0 aliphatic heterocycles. The van der Waals surface area contributed by atoms with E-state index in [4.69, 9.17) is 5.26 Å². The second-order valence-corrected chi connectivity index (χ2v) is 5.20. The summed E-state index contributed by atoms with van der Waals surface area (Å²) in [4.78, 5) is 18.4. The van der Waals surface area contributed by atoms with Gasteiger partial charge in [0.25, 0.3) is 5.56 Å². The summed E-state index contributed by atoms with van der Waals surface area (Å²) in [7, 11) is 0. The van der Waals surface area contributed by atoms with Gasteiger partial charge in [-0.15, -0.1) is 0 Å². The zero-order chi connectivity index (χ0) is 16.3. The van der Waals surface area contributed by atoms with Crippen LogP contribution in [0.2, 0.25) is 0 Å². The molecule has 0 unspecified atom stereocenters. The molecular weight excluding hydrogens is 315 g/mol. The molecule has 0 saturated heterocycles. The lowest BCUT2D eigenvalue weighted by Gasteiger charge is -2.09. The third-order valence-corrected chi connectivity index (χ3v) is 3.39. The standard InChI is InChI=1S/C14H10F3N3OS/c1-22-13-19-11(10(7-18)12(21)20-13)9-4-2-3-8(5-9)6-14(15,16)17/h2-5H,6H2,1H3,(H,19,20,21). The molecule has 2 aromatic rings. The van der Waals surface area contributed by atoms with Gasteiger partial charge in [0.1, 0.15) is 11.6 Å². The SMILES string of the molecule is CSc1nc(-c2cccc(CC(F)(F)F)c2)c(C#N)c(=O)[nH]1. The van der Waals surface area contributed by atoms with Crippen LogP contribution in [-0.2, 0) is 6.42 Å². The lowest BCUT2D eigenvalue weighted by Crippen LogP contribution is -2.15. The summed E-state index contributed by atoms with van der Waals surface area (Å²) in [6.07, 6.45) is -3.72. The normalized spacial score (nSPS) is 11.2. The number of rotatable bonds is 3. The van der Waals surface area contributed by atoms with E-state index in [2.05, 4.69) is 9.97 Å². The second-order valence-electron chi connectivity index (χ2n) is 4.40. The Bertz CT molecular complexity index is 793. The highest BCUT2D eigenvalue weighted by Gasteiger charge is 2.27. The number of aromatic amines is 1. The van der Waals surface area contributed by atoms with E-state index in [1.165, 1.54) is 36.0 Å². The van der Waals surface area contributed by atoms with Gasteiger partial charge >= 0.3 is 6.18 Å². The summed E-state index contributed by atoms with van der Waals surface area (Å²) in [5, 5.41) is 9.38. The second kappa shape index (κ2) is 6.23. The van der Waals surface area contributed by atoms with Crippen LogP contribution >= 0.6 is 11.8 Å². The van der Waals surface area contributed by atoms with E-state index in [0.717, 1.165) is 0 Å². The Morgan fingerprint density at radius 3 is 2.73 bits per heavy atom. The van der Waals surface area contributed by atoms with Crippen LogP contribution in [0.25, 0.3) is 11.3 Å². The van der Waals surface area contributed by atoms with Crippen LogP contribution in [0.4, 0.5) is 13.2 Å². The Labute approximate surface area is 128 Å². The molecule has 0 atom stereocenters. The van der Waals surface area contributed by atoms with E-state index in [9.17, 15) is 18.0 Å². The number of hydrogen-bond acceptors (Lipinski definition) is 4. The first-order valence-corrected chi connectivity index (χ1v) is 7.31. The topological polar surface area (TPSA) is 69.5 Å². The first kappa shape index (κ1) is 16.1. The van der Waals surface area contributed by atoms with Crippen LogP contribution in [-0.4, -0.2) is 22.4 Å². The first-order valence-electron chi connectivity index (χ1n) is 6.08. The van der Waals surface area contributed by atoms with Crippen LogP contribution in [0.5, 0.6) is 0 Å². The van der Waals surface area contributed by atoms with Gasteiger partial charge in [0.05, 0.1) is 12.1 Å². The van der Waals surface area contributed by atoms with Crippen LogP contribution in [0.3, 0.4) is 0 Å². The van der Waals surface area contributed by atoms with Crippen molar-refractivity contribution in [2.75, 3.05) is 6.26 Å². The third-order valence-electron chi connectivity index (χ3n) is 2.81. The molecule has 0 saturated carbocycles. The van der Waals surface area contributed by atoms with Gasteiger partial charge in [-0.25, -0.2) is 4.98 Å². The predicted octanol–water partition coefficient (Wildman–Crippen LogP) is 3.14. The smallest absolute Gasteiger partial charge is 0.300 e. The molecule has 8 heteroatoms. The third kappa shape index (κ3) is 3.68. The molecule has 0 radical (unpaired) electrons. The minimum Gasteiger partial charge on any atom is -0.300 e. The summed E-state index contributed by atoms with van der Waals surface area (Å²) < 4.78 is 37.4. The Morgan fingerprint density at radius 1 is 1.41 bits per heavy atom. The number of aromatic nitrogens is 2. The van der Waals surface area contributed by atoms with Crippen molar-refractivity contribution in [3.8, 4) is 17.3 Å². The van der Waals surface area contributed by atoms with E-state index in [-0.39, 0.29) is 16.8 Å². The predicted molar refractivity (Wildman–Crippen MR) is 76.5 cm³/mol. The molecule has 22 heavy (non-hydrogen) atoms. The van der Waals surface area contributed by atoms with Crippen LogP contribution in [0, 0.1) is 11.3 Å². The fourth-order valence-electron chi connectivity index (χ4n) is 1.92. The van der Waals surface area contributed by atoms with E-state index in [1.807, 2.05) is 0 Å². The summed E-state index contributed by atoms with van der Waals surface area (Å²) in [6.45, 7) is 0. The van der Waals surface area contributed by atoms with E-state index in [0.29, 0.717) is 10.7 Å². The van der Waals surface area contributed by atoms with Gasteiger partial charge in [-0.1, -0.05) is 30.0 Å². The molecule has 0 aliphatic rings. The van der Waals surface area contributed by atoms with Crippen LogP contribution in [0.15, 0.2) is 34.2 Å². The van der Waals surface area contributed by atoms with E-state index in [1.54, 1.807) is 12.3 Å². The maximum Gasteiger partial charge on any atom is 0.393 e. The van der Waals surface area contributed by atoms with Gasteiger partial charge < -0.3 is 4.98 Å². The van der Waals surface area contributed by atoms with Gasteiger partial charge in [-0.3, -0.25) is 4.79 Å². The lowest BCUT2D eigenvalue weighted by atomic mass is 10.0. The monoisotopic (exact) mass is 325 g/mol. The summed E-state index contributed by atoms with van der Waals surface area (Å²) in [5.74, 6) is 0. The Kier molecular flexibility index (Phi) is 4.56. The molecule has 2 rings (SSSR count). The zero-order valence-corrected chi connectivity index (χ0v) is 12.2. The number of nitriles is 1. The Hall–Kier alpha value is -2.27. The quantitative estimate of drug-likeness (QED) is 0.695. The molecule has 0 spiro atoms. The van der Waals surface area contributed by atoms with Crippen molar-refractivity contribution in [1.82, 2.24) is 9.97 Å². The molecule has 1 N–H and O–H groups in total. The van der Waals surface area contributed by atoms with E-state index >= 15 is 0 Å². The molecule has 0 fully saturated rings. The van der Waals surface area contributed by atoms with Crippen molar-refractivity contribution >= 4 is 11.8 Å². The lowest BCUT2D eigenvalue weighted by molar-refractivity contribution is -0.127. The molecule has 0 bridgehead atoms. The van der Waals surface area contributed by atoms with Gasteiger partial charge in [-0.2, -0.15) is 18.4 Å². The van der Waals surface area contributed by atoms with Gasteiger partial charge in [0.15, 0.2) is 5.16 Å². The van der Waals surface area contributed by atoms with Crippen LogP contribution in [0.1, 0.15) is 11.1 Å². The highest BCUT2D eigenvalue weighted by atomic mass is 32.2. The van der Waals surface area contributed by atoms with Crippen molar-refractivity contribution in [3.63, 3.8) is 0 Å². The minimum absolute atomic E-state index is 0.0432. The summed E-state index contributed by atoms with van der Waals surface area (Å²) in [6, 6.07) is 7.34. The van der Waals surface area contributed by atoms with Gasteiger partial charge in [-0.05, 0) is 17.9 Å². The number of halogens is 3. The largest absolute Gasteiger partial charge is 0.393 e. The average Bonchev–Trinajstić information content (AvgIpc) is 2.44. The first-order chi connectivity index (χ1) is 10.3. The Balaban J connectivity index is 2.57. The number of alkyl halides is 3. The molecule has 0 amide bonds. The minimum atomic E-state index is -4.33. The van der Waals surface area contributed by atoms with Gasteiger partial charge in [0.2, 0.25) is 0 Å². The number of nitrogens with zero attached hydrogens (tertiary/aromatic N) is 2. The van der Waals surface area contributed by atoms with E-state index < -0.39 is 18.2 Å². The maximum absolute atomic E-state index is 12.5. The summed E-state index contributed by atoms with van der Waals surface area (Å²) in [5.41, 5.74) is -0.402. The number of H-pyrrole nitrogens is 1. The molecule has 1 aromatic heterocycles. The van der Waals surface area contributed by atoms with Gasteiger partial charge in [0, 0.05) is 5.56 Å². The van der Waals surface area contributed by atoms with Crippen molar-refractivity contribution in [3.05, 3.63) is 45.7 Å². The molecule has 114 valence electrons. The molecule has 1 aromatic carbocycles. The maximum atomic E-state index is 12.5. The van der Waals surface area contributed by atoms with Crippen molar-refractivity contribution < 1.29 is 13.2 Å². The zero-order valence-electron chi connectivity index (χ0n) is 11.4. The fourth-order valence-corrected chi connectivity index (χ4v) is 2.30. The highest BCUT2D eigenvalue weighted by molar-refractivity contribution is 7.98. The number of benzene rings is 1. The van der Waals surface area contributed by atoms with Crippen molar-refractivity contribution in [2.45, 2.75) is 17.8 Å². The molecule has 1 heterocycles. The number of nitrogens with one attached hydrogen (secondary N) is 1. The number of thioether (sulfide) groups is 1. The highest BCUT2D eigenvalue weighted by Crippen LogP contribution is 2.26. The molecule has 0 aliphatic carbocycles. The molecule has 4 nitrogen and oxygen atoms in total. The molecular formula is C14H10F3N3OS. The summed E-state index contributed by atoms with van der Waals surface area (Å²) >= 11 is 1.17.